The Balaban J connectivity index is 1.84. The zero-order chi connectivity index (χ0) is 21.7. The van der Waals surface area contributed by atoms with Crippen LogP contribution in [0.4, 0.5) is 5.69 Å². The number of carbonyl (C=O) groups excluding carboxylic acids is 1. The molecular weight excluding hydrogens is 404 g/mol. The molecule has 0 radical (unpaired) electrons. The highest BCUT2D eigenvalue weighted by atomic mass is 32.2. The molecule has 30 heavy (non-hydrogen) atoms. The molecule has 1 fully saturated rings. The normalized spacial score (nSPS) is 16.0. The summed E-state index contributed by atoms with van der Waals surface area (Å²) in [5.74, 6) is 2.24. The molecule has 0 aliphatic carbocycles. The molecule has 0 unspecified atom stereocenters. The number of terminal acetylenes is 1. The number of ether oxygens (including phenoxy) is 2. The second kappa shape index (κ2) is 9.20. The first-order chi connectivity index (χ1) is 14.4. The van der Waals surface area contributed by atoms with E-state index < -0.39 is 5.97 Å². The van der Waals surface area contributed by atoms with Crippen molar-refractivity contribution in [3.05, 3.63) is 58.5 Å². The Bertz CT molecular complexity index is 1080. The number of nitrogens with zero attached hydrogens (tertiary/aromatic N) is 2. The van der Waals surface area contributed by atoms with E-state index in [-0.39, 0.29) is 18.1 Å². The average Bonchev–Trinajstić information content (AvgIpc) is 3.00. The molecule has 0 aromatic heterocycles. The number of methoxy groups -OCH3 is 1. The minimum absolute atomic E-state index is 0.128. The van der Waals surface area contributed by atoms with Crippen molar-refractivity contribution in [3.63, 3.8) is 0 Å². The Kier molecular flexibility index (Phi) is 6.45. The number of aromatic carboxylic acids is 1. The fraction of sp³-hybridized carbons (Fsp3) is 0.136. The summed E-state index contributed by atoms with van der Waals surface area (Å²) >= 11 is 1.23. The van der Waals surface area contributed by atoms with E-state index in [1.54, 1.807) is 43.5 Å². The van der Waals surface area contributed by atoms with Crippen LogP contribution in [0.15, 0.2) is 52.4 Å². The van der Waals surface area contributed by atoms with Gasteiger partial charge in [-0.15, -0.1) is 6.42 Å². The SMILES string of the molecule is C#CCOc1ccc(C=C2SC(=Nc3ccc(C(=O)O)cc3)N(C)C2=O)cc1OC. The number of likely N-dealkylation sites (N-methyl/N-ethyl adjacent to an activating group) is 1. The summed E-state index contributed by atoms with van der Waals surface area (Å²) in [7, 11) is 3.16. The molecule has 1 heterocycles. The maximum absolute atomic E-state index is 12.6. The van der Waals surface area contributed by atoms with Gasteiger partial charge in [0, 0.05) is 7.05 Å². The van der Waals surface area contributed by atoms with Gasteiger partial charge in [-0.2, -0.15) is 0 Å². The molecule has 1 saturated heterocycles. The monoisotopic (exact) mass is 422 g/mol. The molecule has 2 aromatic carbocycles. The topological polar surface area (TPSA) is 88.4 Å². The summed E-state index contributed by atoms with van der Waals surface area (Å²) in [4.78, 5) is 30.0. The third-order valence-corrected chi connectivity index (χ3v) is 5.20. The second-order valence-electron chi connectivity index (χ2n) is 6.12. The van der Waals surface area contributed by atoms with Gasteiger partial charge in [-0.1, -0.05) is 12.0 Å². The quantitative estimate of drug-likeness (QED) is 0.565. The van der Waals surface area contributed by atoms with Gasteiger partial charge in [0.25, 0.3) is 5.91 Å². The molecule has 3 rings (SSSR count). The Morgan fingerprint density at radius 2 is 2.00 bits per heavy atom. The summed E-state index contributed by atoms with van der Waals surface area (Å²) in [6, 6.07) is 11.4. The number of amides is 1. The fourth-order valence-corrected chi connectivity index (χ4v) is 3.59. The van der Waals surface area contributed by atoms with E-state index in [2.05, 4.69) is 10.9 Å². The molecule has 1 N–H and O–H groups in total. The van der Waals surface area contributed by atoms with Gasteiger partial charge in [0.05, 0.1) is 23.3 Å². The molecular formula is C22H18N2O5S. The number of thioether (sulfide) groups is 1. The number of carbonyl (C=O) groups is 2. The average molecular weight is 422 g/mol. The second-order valence-corrected chi connectivity index (χ2v) is 7.13. The standard InChI is InChI=1S/C22H18N2O5S/c1-4-11-29-17-10-5-14(12-18(17)28-3)13-19-20(25)24(2)22(30-19)23-16-8-6-15(7-9-16)21(26)27/h1,5-10,12-13H,11H2,2-3H3,(H,26,27). The van der Waals surface area contributed by atoms with Crippen LogP contribution in [0.5, 0.6) is 11.5 Å². The predicted molar refractivity (Wildman–Crippen MR) is 116 cm³/mol. The molecule has 7 nitrogen and oxygen atoms in total. The van der Waals surface area contributed by atoms with Crippen LogP contribution in [-0.2, 0) is 4.79 Å². The highest BCUT2D eigenvalue weighted by molar-refractivity contribution is 8.18. The van der Waals surface area contributed by atoms with Gasteiger partial charge < -0.3 is 14.6 Å². The van der Waals surface area contributed by atoms with Crippen molar-refractivity contribution in [3.8, 4) is 23.8 Å². The van der Waals surface area contributed by atoms with Gasteiger partial charge >= 0.3 is 5.97 Å². The van der Waals surface area contributed by atoms with Crippen molar-refractivity contribution in [2.24, 2.45) is 4.99 Å². The highest BCUT2D eigenvalue weighted by Crippen LogP contribution is 2.35. The predicted octanol–water partition coefficient (Wildman–Crippen LogP) is 3.64. The molecule has 0 atom stereocenters. The molecule has 0 saturated carbocycles. The smallest absolute Gasteiger partial charge is 0.335 e. The highest BCUT2D eigenvalue weighted by Gasteiger charge is 2.30. The van der Waals surface area contributed by atoms with Gasteiger partial charge in [-0.3, -0.25) is 9.69 Å². The van der Waals surface area contributed by atoms with E-state index in [9.17, 15) is 9.59 Å². The van der Waals surface area contributed by atoms with E-state index in [1.165, 1.54) is 35.9 Å². The number of rotatable bonds is 6. The maximum atomic E-state index is 12.6. The van der Waals surface area contributed by atoms with Gasteiger partial charge in [0.1, 0.15) is 6.61 Å². The lowest BCUT2D eigenvalue weighted by molar-refractivity contribution is -0.121. The number of carboxylic acids is 1. The number of hydrogen-bond donors (Lipinski definition) is 1. The summed E-state index contributed by atoms with van der Waals surface area (Å²) in [5.41, 5.74) is 1.49. The van der Waals surface area contributed by atoms with Crippen LogP contribution in [0, 0.1) is 12.3 Å². The van der Waals surface area contributed by atoms with Crippen molar-refractivity contribution in [1.82, 2.24) is 4.90 Å². The minimum Gasteiger partial charge on any atom is -0.493 e. The third-order valence-electron chi connectivity index (χ3n) is 4.14. The summed E-state index contributed by atoms with van der Waals surface area (Å²) < 4.78 is 10.8. The third kappa shape index (κ3) is 4.64. The van der Waals surface area contributed by atoms with Gasteiger partial charge in [0.15, 0.2) is 16.7 Å². The number of carboxylic acid groups (broad SMARTS) is 1. The zero-order valence-corrected chi connectivity index (χ0v) is 17.1. The molecule has 1 aliphatic heterocycles. The van der Waals surface area contributed by atoms with E-state index in [0.29, 0.717) is 27.3 Å². The van der Waals surface area contributed by atoms with Crippen LogP contribution in [0.2, 0.25) is 0 Å². The van der Waals surface area contributed by atoms with Crippen LogP contribution < -0.4 is 9.47 Å². The van der Waals surface area contributed by atoms with E-state index in [1.807, 2.05) is 0 Å². The minimum atomic E-state index is -1.01. The van der Waals surface area contributed by atoms with Crippen molar-refractivity contribution >= 4 is 40.6 Å². The van der Waals surface area contributed by atoms with Crippen LogP contribution in [0.25, 0.3) is 6.08 Å². The van der Waals surface area contributed by atoms with Crippen molar-refractivity contribution in [2.45, 2.75) is 0 Å². The first kappa shape index (κ1) is 21.0. The maximum Gasteiger partial charge on any atom is 0.335 e. The van der Waals surface area contributed by atoms with Gasteiger partial charge in [0.2, 0.25) is 0 Å². The molecule has 152 valence electrons. The van der Waals surface area contributed by atoms with Gasteiger partial charge in [-0.05, 0) is 59.8 Å². The Labute approximate surface area is 178 Å². The van der Waals surface area contributed by atoms with Crippen molar-refractivity contribution in [1.29, 1.82) is 0 Å². The number of aliphatic imine (C=N–C) groups is 1. The van der Waals surface area contributed by atoms with E-state index in [0.717, 1.165) is 5.56 Å². The number of hydrogen-bond acceptors (Lipinski definition) is 6. The molecule has 1 aliphatic rings. The first-order valence-electron chi connectivity index (χ1n) is 8.77. The molecule has 8 heteroatoms. The Hall–Kier alpha value is -3.70. The van der Waals surface area contributed by atoms with Crippen LogP contribution in [-0.4, -0.2) is 47.8 Å². The zero-order valence-electron chi connectivity index (χ0n) is 16.3. The van der Waals surface area contributed by atoms with Gasteiger partial charge in [-0.25, -0.2) is 9.79 Å². The van der Waals surface area contributed by atoms with Crippen molar-refractivity contribution < 1.29 is 24.2 Å². The summed E-state index contributed by atoms with van der Waals surface area (Å²) in [6.45, 7) is 0.128. The van der Waals surface area contributed by atoms with E-state index >= 15 is 0 Å². The molecule has 0 spiro atoms. The van der Waals surface area contributed by atoms with E-state index in [4.69, 9.17) is 21.0 Å². The number of benzene rings is 2. The first-order valence-corrected chi connectivity index (χ1v) is 9.58. The summed E-state index contributed by atoms with van der Waals surface area (Å²) in [5, 5.41) is 9.48. The lowest BCUT2D eigenvalue weighted by atomic mass is 10.2. The lowest BCUT2D eigenvalue weighted by Crippen LogP contribution is -2.23. The van der Waals surface area contributed by atoms with Crippen LogP contribution in [0.1, 0.15) is 15.9 Å². The number of amidine groups is 1. The fourth-order valence-electron chi connectivity index (χ4n) is 2.60. The van der Waals surface area contributed by atoms with Crippen LogP contribution >= 0.6 is 11.8 Å². The largest absolute Gasteiger partial charge is 0.493 e. The Morgan fingerprint density at radius 3 is 2.63 bits per heavy atom. The molecule has 0 bridgehead atoms. The van der Waals surface area contributed by atoms with Crippen LogP contribution in [0.3, 0.4) is 0 Å². The summed E-state index contributed by atoms with van der Waals surface area (Å²) in [6.07, 6.45) is 6.96. The molecule has 1 amide bonds. The Morgan fingerprint density at radius 1 is 1.27 bits per heavy atom. The molecule has 2 aromatic rings. The lowest BCUT2D eigenvalue weighted by Gasteiger charge is -2.09. The van der Waals surface area contributed by atoms with Crippen molar-refractivity contribution in [2.75, 3.05) is 20.8 Å².